The number of rotatable bonds is 3. The Hall–Kier alpha value is -4.16. The Morgan fingerprint density at radius 1 is 0.475 bits per heavy atom. The smallest absolute Gasteiger partial charge is 0.164 e. The average molecular weight is 552 g/mol. The summed E-state index contributed by atoms with van der Waals surface area (Å²) < 4.78 is 0. The zero-order valence-electron chi connectivity index (χ0n) is 22.4. The van der Waals surface area contributed by atoms with Gasteiger partial charge in [-0.15, -0.1) is 0 Å². The third-order valence-corrected chi connectivity index (χ3v) is 12.8. The second kappa shape index (κ2) is 10.4. The summed E-state index contributed by atoms with van der Waals surface area (Å²) in [6.07, 6.45) is 0. The van der Waals surface area contributed by atoms with Crippen LogP contribution in [-0.2, 0) is 0 Å². The standard InChI is InChI=1S/C35H27N3P2/c1-24-14-13-23-29-25(2)39(30-20-10-9-19-28(24)30)31-21-11-12-22-32(31)40(29)35-37-33(26-15-5-3-6-16-26)36-34(38-35)27-17-7-4-8-18-27/h3-23H,1-2H3. The molecule has 0 saturated heterocycles. The third-order valence-electron chi connectivity index (χ3n) is 7.37. The Balaban J connectivity index is 1.57. The molecule has 6 aromatic rings. The number of fused-ring (bicyclic) bond motifs is 6. The van der Waals surface area contributed by atoms with Crippen LogP contribution in [0.25, 0.3) is 38.6 Å². The Bertz CT molecular complexity index is 1870. The van der Waals surface area contributed by atoms with Crippen molar-refractivity contribution >= 4 is 42.1 Å². The van der Waals surface area contributed by atoms with Gasteiger partial charge in [-0.05, 0) is 46.8 Å². The summed E-state index contributed by atoms with van der Waals surface area (Å²) in [4.78, 5) is 15.4. The van der Waals surface area contributed by atoms with Crippen LogP contribution in [0.5, 0.6) is 0 Å². The van der Waals surface area contributed by atoms with E-state index in [1.165, 1.54) is 37.3 Å². The molecule has 2 unspecified atom stereocenters. The van der Waals surface area contributed by atoms with Crippen molar-refractivity contribution in [2.75, 3.05) is 0 Å². The maximum atomic E-state index is 5.20. The van der Waals surface area contributed by atoms with Gasteiger partial charge in [-0.3, -0.25) is 0 Å². The molecule has 4 aromatic carbocycles. The van der Waals surface area contributed by atoms with Crippen molar-refractivity contribution < 1.29 is 0 Å². The Kier molecular flexibility index (Phi) is 6.48. The first kappa shape index (κ1) is 24.9. The summed E-state index contributed by atoms with van der Waals surface area (Å²) in [7, 11) is -1.69. The molecule has 0 amide bonds. The molecule has 3 nitrogen and oxygen atoms in total. The van der Waals surface area contributed by atoms with Crippen molar-refractivity contribution in [2.45, 2.75) is 13.8 Å². The van der Waals surface area contributed by atoms with Gasteiger partial charge >= 0.3 is 0 Å². The van der Waals surface area contributed by atoms with Gasteiger partial charge in [0.2, 0.25) is 0 Å². The van der Waals surface area contributed by atoms with E-state index in [9.17, 15) is 0 Å². The predicted octanol–water partition coefficient (Wildman–Crippen LogP) is 8.15. The summed E-state index contributed by atoms with van der Waals surface area (Å²) in [6.45, 7) is 4.54. The fraction of sp³-hybridized carbons (Fsp3) is 0.0571. The number of nitrogens with zero attached hydrogens (tertiary/aromatic N) is 3. The largest absolute Gasteiger partial charge is 0.208 e. The highest BCUT2D eigenvalue weighted by Gasteiger charge is 2.30. The summed E-state index contributed by atoms with van der Waals surface area (Å²) in [5.41, 5.74) is 4.12. The molecule has 1 aliphatic rings. The first-order valence-electron chi connectivity index (χ1n) is 13.4. The quantitative estimate of drug-likeness (QED) is 0.208. The maximum Gasteiger partial charge on any atom is 0.164 e. The molecule has 0 radical (unpaired) electrons. The first-order valence-corrected chi connectivity index (χ1v) is 16.1. The molecule has 2 bridgehead atoms. The molecule has 2 atom stereocenters. The van der Waals surface area contributed by atoms with E-state index in [4.69, 9.17) is 15.0 Å². The zero-order valence-corrected chi connectivity index (χ0v) is 24.1. The third kappa shape index (κ3) is 4.33. The van der Waals surface area contributed by atoms with Crippen molar-refractivity contribution in [3.63, 3.8) is 0 Å². The van der Waals surface area contributed by atoms with Gasteiger partial charge in [-0.1, -0.05) is 129 Å². The highest BCUT2D eigenvalue weighted by Crippen LogP contribution is 2.55. The number of aromatic nitrogens is 3. The van der Waals surface area contributed by atoms with Crippen LogP contribution in [0.15, 0.2) is 127 Å². The van der Waals surface area contributed by atoms with E-state index in [0.717, 1.165) is 16.7 Å². The number of hydrogen-bond acceptors (Lipinski definition) is 3. The van der Waals surface area contributed by atoms with Crippen LogP contribution < -0.4 is 16.2 Å². The number of hydrogen-bond donors (Lipinski definition) is 0. The van der Waals surface area contributed by atoms with Crippen molar-refractivity contribution in [3.05, 3.63) is 138 Å². The van der Waals surface area contributed by atoms with Crippen LogP contribution in [0.4, 0.5) is 0 Å². The molecule has 0 saturated carbocycles. The molecule has 7 rings (SSSR count). The van der Waals surface area contributed by atoms with E-state index in [-0.39, 0.29) is 0 Å². The van der Waals surface area contributed by atoms with Gasteiger partial charge in [-0.25, -0.2) is 15.0 Å². The maximum absolute atomic E-state index is 5.20. The van der Waals surface area contributed by atoms with E-state index in [2.05, 4.69) is 105 Å². The van der Waals surface area contributed by atoms with Gasteiger partial charge < -0.3 is 0 Å². The van der Waals surface area contributed by atoms with Gasteiger partial charge in [0.15, 0.2) is 17.2 Å². The topological polar surface area (TPSA) is 38.7 Å². The van der Waals surface area contributed by atoms with Crippen LogP contribution in [0, 0.1) is 13.8 Å². The van der Waals surface area contributed by atoms with Crippen LogP contribution in [0.2, 0.25) is 0 Å². The van der Waals surface area contributed by atoms with Crippen LogP contribution in [-0.4, -0.2) is 15.0 Å². The molecule has 40 heavy (non-hydrogen) atoms. The molecule has 2 aromatic heterocycles. The molecule has 1 aliphatic heterocycles. The lowest BCUT2D eigenvalue weighted by atomic mass is 10.2. The SMILES string of the molecule is Cc1cccc2c(C)p(c3ccccc13)-c1ccccc1P2c1nc(-c2ccccc2)nc(-c2ccccc2)n1. The molecule has 192 valence electrons. The minimum absolute atomic E-state index is 0.690. The molecular weight excluding hydrogens is 524 g/mol. The highest BCUT2D eigenvalue weighted by molar-refractivity contribution is 7.83. The van der Waals surface area contributed by atoms with Crippen molar-refractivity contribution in [2.24, 2.45) is 0 Å². The summed E-state index contributed by atoms with van der Waals surface area (Å²) in [5, 5.41) is 8.26. The Morgan fingerprint density at radius 3 is 1.70 bits per heavy atom. The van der Waals surface area contributed by atoms with Gasteiger partial charge in [0.1, 0.15) is 0 Å². The zero-order chi connectivity index (χ0) is 27.1. The molecule has 3 heterocycles. The Labute approximate surface area is 236 Å². The van der Waals surface area contributed by atoms with E-state index in [0.29, 0.717) is 11.6 Å². The molecule has 0 aliphatic carbocycles. The van der Waals surface area contributed by atoms with Crippen LogP contribution >= 0.6 is 15.5 Å². The second-order valence-electron chi connectivity index (χ2n) is 9.87. The normalized spacial score (nSPS) is 13.9. The van der Waals surface area contributed by atoms with Gasteiger partial charge in [-0.2, -0.15) is 0 Å². The monoisotopic (exact) mass is 551 g/mol. The van der Waals surface area contributed by atoms with E-state index in [1.807, 2.05) is 36.4 Å². The fourth-order valence-electron chi connectivity index (χ4n) is 5.42. The molecular formula is C35H27N3P2. The van der Waals surface area contributed by atoms with Gasteiger partial charge in [0.05, 0.1) is 0 Å². The lowest BCUT2D eigenvalue weighted by molar-refractivity contribution is 1.11. The van der Waals surface area contributed by atoms with Gasteiger partial charge in [0.25, 0.3) is 0 Å². The highest BCUT2D eigenvalue weighted by atomic mass is 31.1. The van der Waals surface area contributed by atoms with Crippen LogP contribution in [0.1, 0.15) is 10.9 Å². The minimum atomic E-state index is -1.00. The van der Waals surface area contributed by atoms with Crippen molar-refractivity contribution in [1.82, 2.24) is 15.0 Å². The second-order valence-corrected chi connectivity index (χ2v) is 14.2. The number of aryl methyl sites for hydroxylation is 1. The average Bonchev–Trinajstić information content (AvgIpc) is 3.05. The predicted molar refractivity (Wildman–Crippen MR) is 172 cm³/mol. The summed E-state index contributed by atoms with van der Waals surface area (Å²) in [5.74, 6) is 1.42. The molecule has 0 N–H and O–H groups in total. The van der Waals surface area contributed by atoms with Crippen LogP contribution in [0.3, 0.4) is 0 Å². The molecule has 0 spiro atoms. The number of benzene rings is 4. The van der Waals surface area contributed by atoms with Crippen molar-refractivity contribution in [3.8, 4) is 28.1 Å². The van der Waals surface area contributed by atoms with E-state index in [1.54, 1.807) is 0 Å². The molecule has 0 fully saturated rings. The summed E-state index contributed by atoms with van der Waals surface area (Å²) >= 11 is 0. The van der Waals surface area contributed by atoms with E-state index < -0.39 is 15.5 Å². The summed E-state index contributed by atoms with van der Waals surface area (Å²) in [6, 6.07) is 45.1. The molecule has 5 heteroatoms. The minimum Gasteiger partial charge on any atom is -0.208 e. The Morgan fingerprint density at radius 2 is 1.02 bits per heavy atom. The van der Waals surface area contributed by atoms with Crippen molar-refractivity contribution in [1.29, 1.82) is 0 Å². The lowest BCUT2D eigenvalue weighted by Gasteiger charge is -2.28. The lowest BCUT2D eigenvalue weighted by Crippen LogP contribution is -2.30. The first-order chi connectivity index (χ1) is 19.7. The van der Waals surface area contributed by atoms with E-state index >= 15 is 0 Å². The van der Waals surface area contributed by atoms with Gasteiger partial charge in [0, 0.05) is 29.5 Å². The fourth-order valence-corrected chi connectivity index (χ4v) is 11.4.